The largest absolute Gasteiger partial charge is 0.383 e. The molecule has 1 atom stereocenters. The molecule has 2 rings (SSSR count). The van der Waals surface area contributed by atoms with Crippen molar-refractivity contribution in [2.45, 2.75) is 6.42 Å². The van der Waals surface area contributed by atoms with E-state index >= 15 is 0 Å². The van der Waals surface area contributed by atoms with Gasteiger partial charge in [-0.2, -0.15) is 0 Å². The van der Waals surface area contributed by atoms with E-state index in [1.54, 1.807) is 30.2 Å². The van der Waals surface area contributed by atoms with E-state index in [1.807, 2.05) is 13.1 Å². The van der Waals surface area contributed by atoms with Crippen LogP contribution in [0.2, 0.25) is 5.02 Å². The Bertz CT molecular complexity index is 582. The maximum Gasteiger partial charge on any atom is 0.227 e. The van der Waals surface area contributed by atoms with Crippen LogP contribution in [0.4, 0.5) is 5.69 Å². The fourth-order valence-corrected chi connectivity index (χ4v) is 2.83. The van der Waals surface area contributed by atoms with E-state index in [-0.39, 0.29) is 24.2 Å². The van der Waals surface area contributed by atoms with Gasteiger partial charge in [0.1, 0.15) is 0 Å². The van der Waals surface area contributed by atoms with Gasteiger partial charge in [0.15, 0.2) is 0 Å². The molecule has 1 aliphatic rings. The van der Waals surface area contributed by atoms with Crippen molar-refractivity contribution >= 4 is 29.1 Å². The van der Waals surface area contributed by atoms with Crippen molar-refractivity contribution in [1.82, 2.24) is 10.2 Å². The second kappa shape index (κ2) is 9.01. The molecule has 1 saturated heterocycles. The van der Waals surface area contributed by atoms with Crippen LogP contribution in [0, 0.1) is 5.92 Å². The first-order chi connectivity index (χ1) is 11.5. The smallest absolute Gasteiger partial charge is 0.227 e. The van der Waals surface area contributed by atoms with E-state index in [4.69, 9.17) is 16.3 Å². The number of hydrogen-bond donors (Lipinski definition) is 1. The molecule has 1 aromatic carbocycles. The Hall–Kier alpha value is -1.63. The third-order valence-corrected chi connectivity index (χ3v) is 4.32. The van der Waals surface area contributed by atoms with E-state index in [0.717, 1.165) is 18.8 Å². The van der Waals surface area contributed by atoms with Crippen LogP contribution in [0.25, 0.3) is 0 Å². The van der Waals surface area contributed by atoms with Crippen LogP contribution in [0.1, 0.15) is 6.42 Å². The Kier molecular flexibility index (Phi) is 7.02. The molecule has 0 radical (unpaired) electrons. The molecule has 0 unspecified atom stereocenters. The molecule has 132 valence electrons. The standard InChI is InChI=1S/C17H24ClN3O3/c1-20(8-9-24-2)7-6-19-17(23)13-10-16(22)21(12-13)15-5-3-4-14(18)11-15/h3-5,11,13H,6-10,12H2,1-2H3,(H,19,23)/t13-/m1/s1. The number of carbonyl (C=O) groups excluding carboxylic acids is 2. The number of ether oxygens (including phenoxy) is 1. The van der Waals surface area contributed by atoms with Crippen LogP contribution < -0.4 is 10.2 Å². The number of methoxy groups -OCH3 is 1. The fourth-order valence-electron chi connectivity index (χ4n) is 2.65. The van der Waals surface area contributed by atoms with Gasteiger partial charge < -0.3 is 19.9 Å². The lowest BCUT2D eigenvalue weighted by Gasteiger charge is -2.18. The number of hydrogen-bond acceptors (Lipinski definition) is 4. The van der Waals surface area contributed by atoms with Crippen LogP contribution >= 0.6 is 11.6 Å². The normalized spacial score (nSPS) is 17.6. The summed E-state index contributed by atoms with van der Waals surface area (Å²) in [4.78, 5) is 28.2. The van der Waals surface area contributed by atoms with Crippen molar-refractivity contribution in [3.8, 4) is 0 Å². The molecule has 0 aromatic heterocycles. The zero-order valence-corrected chi connectivity index (χ0v) is 14.9. The summed E-state index contributed by atoms with van der Waals surface area (Å²) in [6.07, 6.45) is 0.234. The highest BCUT2D eigenvalue weighted by Crippen LogP contribution is 2.27. The highest BCUT2D eigenvalue weighted by molar-refractivity contribution is 6.30. The summed E-state index contributed by atoms with van der Waals surface area (Å²) in [5, 5.41) is 3.49. The maximum absolute atomic E-state index is 12.3. The number of rotatable bonds is 8. The Morgan fingerprint density at radius 3 is 2.96 bits per heavy atom. The minimum atomic E-state index is -0.319. The number of carbonyl (C=O) groups is 2. The van der Waals surface area contributed by atoms with Crippen LogP contribution in [0.3, 0.4) is 0 Å². The highest BCUT2D eigenvalue weighted by Gasteiger charge is 2.34. The maximum atomic E-state index is 12.3. The van der Waals surface area contributed by atoms with Gasteiger partial charge in [0.05, 0.1) is 12.5 Å². The van der Waals surface area contributed by atoms with Crippen LogP contribution in [0.5, 0.6) is 0 Å². The first kappa shape index (κ1) is 18.7. The van der Waals surface area contributed by atoms with Crippen molar-refractivity contribution in [1.29, 1.82) is 0 Å². The number of benzene rings is 1. The van der Waals surface area contributed by atoms with E-state index in [9.17, 15) is 9.59 Å². The quantitative estimate of drug-likeness (QED) is 0.767. The lowest BCUT2D eigenvalue weighted by Crippen LogP contribution is -2.38. The number of likely N-dealkylation sites (N-methyl/N-ethyl adjacent to an activating group) is 1. The number of nitrogens with one attached hydrogen (secondary N) is 1. The van der Waals surface area contributed by atoms with Gasteiger partial charge in [-0.25, -0.2) is 0 Å². The van der Waals surface area contributed by atoms with Gasteiger partial charge in [0.2, 0.25) is 11.8 Å². The second-order valence-electron chi connectivity index (χ2n) is 5.97. The zero-order chi connectivity index (χ0) is 17.5. The lowest BCUT2D eigenvalue weighted by molar-refractivity contribution is -0.126. The Labute approximate surface area is 147 Å². The van der Waals surface area contributed by atoms with Gasteiger partial charge in [-0.15, -0.1) is 0 Å². The van der Waals surface area contributed by atoms with Crippen molar-refractivity contribution in [3.05, 3.63) is 29.3 Å². The first-order valence-electron chi connectivity index (χ1n) is 8.02. The molecular formula is C17H24ClN3O3. The zero-order valence-electron chi connectivity index (χ0n) is 14.1. The minimum absolute atomic E-state index is 0.0466. The fraction of sp³-hybridized carbons (Fsp3) is 0.529. The minimum Gasteiger partial charge on any atom is -0.383 e. The van der Waals surface area contributed by atoms with Gasteiger partial charge in [-0.05, 0) is 25.2 Å². The average molecular weight is 354 g/mol. The molecule has 24 heavy (non-hydrogen) atoms. The van der Waals surface area contributed by atoms with Gasteiger partial charge in [-0.1, -0.05) is 17.7 Å². The first-order valence-corrected chi connectivity index (χ1v) is 8.40. The summed E-state index contributed by atoms with van der Waals surface area (Å²) in [6.45, 7) is 3.17. The Morgan fingerprint density at radius 1 is 1.46 bits per heavy atom. The Balaban J connectivity index is 1.81. The van der Waals surface area contributed by atoms with Gasteiger partial charge in [-0.3, -0.25) is 9.59 Å². The number of amides is 2. The highest BCUT2D eigenvalue weighted by atomic mass is 35.5. The van der Waals surface area contributed by atoms with E-state index < -0.39 is 0 Å². The third kappa shape index (κ3) is 5.19. The molecule has 0 bridgehead atoms. The molecule has 0 saturated carbocycles. The van der Waals surface area contributed by atoms with Crippen LogP contribution in [-0.4, -0.2) is 63.7 Å². The average Bonchev–Trinajstić information content (AvgIpc) is 2.95. The predicted molar refractivity (Wildman–Crippen MR) is 94.3 cm³/mol. The number of anilines is 1. The molecule has 1 fully saturated rings. The Morgan fingerprint density at radius 2 is 2.25 bits per heavy atom. The third-order valence-electron chi connectivity index (χ3n) is 4.09. The van der Waals surface area contributed by atoms with E-state index in [1.165, 1.54) is 0 Å². The molecule has 1 heterocycles. The molecule has 2 amide bonds. The molecule has 0 aliphatic carbocycles. The lowest BCUT2D eigenvalue weighted by atomic mass is 10.1. The van der Waals surface area contributed by atoms with E-state index in [0.29, 0.717) is 24.7 Å². The van der Waals surface area contributed by atoms with E-state index in [2.05, 4.69) is 10.2 Å². The molecule has 1 aliphatic heterocycles. The molecule has 6 nitrogen and oxygen atoms in total. The topological polar surface area (TPSA) is 61.9 Å². The molecule has 7 heteroatoms. The van der Waals surface area contributed by atoms with Crippen LogP contribution in [0.15, 0.2) is 24.3 Å². The van der Waals surface area contributed by atoms with Gasteiger partial charge in [0, 0.05) is 50.4 Å². The molecule has 1 aromatic rings. The summed E-state index contributed by atoms with van der Waals surface area (Å²) < 4.78 is 5.01. The number of halogens is 1. The summed E-state index contributed by atoms with van der Waals surface area (Å²) in [7, 11) is 3.64. The van der Waals surface area contributed by atoms with Crippen LogP contribution in [-0.2, 0) is 14.3 Å². The number of nitrogens with zero attached hydrogens (tertiary/aromatic N) is 2. The summed E-state index contributed by atoms with van der Waals surface area (Å²) in [5.41, 5.74) is 0.738. The molecule has 1 N–H and O–H groups in total. The van der Waals surface area contributed by atoms with Crippen molar-refractivity contribution in [2.24, 2.45) is 5.92 Å². The SMILES string of the molecule is COCCN(C)CCNC(=O)[C@@H]1CC(=O)N(c2cccc(Cl)c2)C1. The molecular weight excluding hydrogens is 330 g/mol. The predicted octanol–water partition coefficient (Wildman–Crippen LogP) is 1.39. The second-order valence-corrected chi connectivity index (χ2v) is 6.41. The monoisotopic (exact) mass is 353 g/mol. The van der Waals surface area contributed by atoms with Gasteiger partial charge in [0.25, 0.3) is 0 Å². The van der Waals surface area contributed by atoms with Crippen molar-refractivity contribution < 1.29 is 14.3 Å². The van der Waals surface area contributed by atoms with Crippen molar-refractivity contribution in [2.75, 3.05) is 51.8 Å². The summed E-state index contributed by atoms with van der Waals surface area (Å²) in [5.74, 6) is -0.441. The van der Waals surface area contributed by atoms with Gasteiger partial charge >= 0.3 is 0 Å². The summed E-state index contributed by atoms with van der Waals surface area (Å²) >= 11 is 5.97. The summed E-state index contributed by atoms with van der Waals surface area (Å²) in [6, 6.07) is 7.13. The van der Waals surface area contributed by atoms with Crippen molar-refractivity contribution in [3.63, 3.8) is 0 Å². The molecule has 0 spiro atoms.